The summed E-state index contributed by atoms with van der Waals surface area (Å²) in [5.41, 5.74) is 5.51. The SMILES string of the molecule is CCc1ccc2nc(NC3NC(=O)C(Cc4ccccc4C)C(C)N3)nc(C)c2c1. The van der Waals surface area contributed by atoms with E-state index < -0.39 is 6.29 Å². The molecule has 156 valence electrons. The summed E-state index contributed by atoms with van der Waals surface area (Å²) >= 11 is 0. The van der Waals surface area contributed by atoms with Crippen molar-refractivity contribution in [2.24, 2.45) is 5.92 Å². The zero-order valence-corrected chi connectivity index (χ0v) is 18.0. The van der Waals surface area contributed by atoms with Crippen LogP contribution in [0.1, 0.15) is 36.2 Å². The van der Waals surface area contributed by atoms with Crippen molar-refractivity contribution in [3.05, 3.63) is 64.8 Å². The zero-order valence-electron chi connectivity index (χ0n) is 18.0. The fourth-order valence-electron chi connectivity index (χ4n) is 4.06. The van der Waals surface area contributed by atoms with E-state index in [0.717, 1.165) is 23.0 Å². The third kappa shape index (κ3) is 4.14. The molecule has 0 saturated carbocycles. The van der Waals surface area contributed by atoms with Crippen LogP contribution < -0.4 is 16.0 Å². The maximum atomic E-state index is 12.8. The highest BCUT2D eigenvalue weighted by Gasteiger charge is 2.33. The summed E-state index contributed by atoms with van der Waals surface area (Å²) < 4.78 is 0. The van der Waals surface area contributed by atoms with Crippen LogP contribution in [0.2, 0.25) is 0 Å². The van der Waals surface area contributed by atoms with E-state index in [1.807, 2.05) is 25.1 Å². The Balaban J connectivity index is 1.48. The second-order valence-electron chi connectivity index (χ2n) is 8.12. The number of hydrogen-bond acceptors (Lipinski definition) is 5. The van der Waals surface area contributed by atoms with E-state index >= 15 is 0 Å². The van der Waals surface area contributed by atoms with Gasteiger partial charge in [-0.15, -0.1) is 0 Å². The molecular formula is C24H29N5O. The minimum absolute atomic E-state index is 0.0181. The molecule has 3 aromatic rings. The van der Waals surface area contributed by atoms with Crippen LogP contribution in [0.15, 0.2) is 42.5 Å². The molecule has 1 saturated heterocycles. The molecule has 3 unspecified atom stereocenters. The Labute approximate surface area is 177 Å². The molecular weight excluding hydrogens is 374 g/mol. The highest BCUT2D eigenvalue weighted by atomic mass is 16.2. The largest absolute Gasteiger partial charge is 0.323 e. The van der Waals surface area contributed by atoms with Crippen molar-refractivity contribution in [1.29, 1.82) is 0 Å². The number of rotatable bonds is 5. The first kappa shape index (κ1) is 20.3. The fourth-order valence-corrected chi connectivity index (χ4v) is 4.06. The van der Waals surface area contributed by atoms with Crippen LogP contribution >= 0.6 is 0 Å². The standard InChI is InChI=1S/C24H29N5O/c1-5-17-10-11-21-19(12-17)15(3)25-23(27-21)29-24-26-16(4)20(22(30)28-24)13-18-9-7-6-8-14(18)2/h6-12,16,20,24,26H,5,13H2,1-4H3,(H,28,30)(H,25,27,29). The van der Waals surface area contributed by atoms with Gasteiger partial charge in [0.25, 0.3) is 0 Å². The molecule has 6 nitrogen and oxygen atoms in total. The predicted octanol–water partition coefficient (Wildman–Crippen LogP) is 3.47. The lowest BCUT2D eigenvalue weighted by Gasteiger charge is -2.36. The zero-order chi connectivity index (χ0) is 21.3. The van der Waals surface area contributed by atoms with E-state index in [2.05, 4.69) is 71.0 Å². The molecule has 4 rings (SSSR count). The van der Waals surface area contributed by atoms with Gasteiger partial charge in [0.05, 0.1) is 17.1 Å². The Hall–Kier alpha value is -2.99. The normalized spacial score (nSPS) is 21.5. The summed E-state index contributed by atoms with van der Waals surface area (Å²) in [7, 11) is 0. The average Bonchev–Trinajstić information content (AvgIpc) is 2.72. The molecule has 0 aliphatic carbocycles. The molecule has 1 fully saturated rings. The Kier molecular flexibility index (Phi) is 5.68. The van der Waals surface area contributed by atoms with Gasteiger partial charge in [-0.25, -0.2) is 9.97 Å². The second-order valence-corrected chi connectivity index (χ2v) is 8.12. The van der Waals surface area contributed by atoms with E-state index in [1.165, 1.54) is 16.7 Å². The van der Waals surface area contributed by atoms with Gasteiger partial charge < -0.3 is 10.6 Å². The van der Waals surface area contributed by atoms with Crippen LogP contribution in [-0.4, -0.2) is 28.2 Å². The molecule has 1 aromatic heterocycles. The monoisotopic (exact) mass is 403 g/mol. The van der Waals surface area contributed by atoms with E-state index in [0.29, 0.717) is 12.4 Å². The minimum Gasteiger partial charge on any atom is -0.323 e. The maximum absolute atomic E-state index is 12.8. The predicted molar refractivity (Wildman–Crippen MR) is 120 cm³/mol. The first-order chi connectivity index (χ1) is 14.4. The third-order valence-corrected chi connectivity index (χ3v) is 5.99. The number of fused-ring (bicyclic) bond motifs is 1. The lowest BCUT2D eigenvalue weighted by Crippen LogP contribution is -2.63. The smallest absolute Gasteiger partial charge is 0.227 e. The number of aromatic nitrogens is 2. The van der Waals surface area contributed by atoms with Gasteiger partial charge in [0.1, 0.15) is 0 Å². The van der Waals surface area contributed by atoms with Gasteiger partial charge in [-0.3, -0.25) is 10.1 Å². The lowest BCUT2D eigenvalue weighted by molar-refractivity contribution is -0.128. The van der Waals surface area contributed by atoms with Crippen LogP contribution in [0.3, 0.4) is 0 Å². The molecule has 6 heteroatoms. The molecule has 1 amide bonds. The minimum atomic E-state index is -0.410. The van der Waals surface area contributed by atoms with Crippen molar-refractivity contribution in [2.45, 2.75) is 52.9 Å². The van der Waals surface area contributed by atoms with Crippen molar-refractivity contribution >= 4 is 22.8 Å². The van der Waals surface area contributed by atoms with Gasteiger partial charge in [-0.2, -0.15) is 0 Å². The summed E-state index contributed by atoms with van der Waals surface area (Å²) in [6, 6.07) is 14.5. The van der Waals surface area contributed by atoms with Crippen LogP contribution in [-0.2, 0) is 17.6 Å². The van der Waals surface area contributed by atoms with Gasteiger partial charge in [-0.05, 0) is 62.4 Å². The highest BCUT2D eigenvalue weighted by molar-refractivity contribution is 5.83. The summed E-state index contributed by atoms with van der Waals surface area (Å²) in [6.07, 6.45) is 1.28. The topological polar surface area (TPSA) is 78.9 Å². The summed E-state index contributed by atoms with van der Waals surface area (Å²) in [5.74, 6) is 0.412. The van der Waals surface area contributed by atoms with Gasteiger partial charge in [0.15, 0.2) is 6.29 Å². The highest BCUT2D eigenvalue weighted by Crippen LogP contribution is 2.21. The average molecular weight is 404 g/mol. The molecule has 2 aromatic carbocycles. The molecule has 0 spiro atoms. The Morgan fingerprint density at radius 2 is 1.90 bits per heavy atom. The number of hydrogen-bond donors (Lipinski definition) is 3. The number of anilines is 1. The van der Waals surface area contributed by atoms with Crippen LogP contribution in [0.4, 0.5) is 5.95 Å². The van der Waals surface area contributed by atoms with Crippen LogP contribution in [0, 0.1) is 19.8 Å². The quantitative estimate of drug-likeness (QED) is 0.608. The Morgan fingerprint density at radius 3 is 2.63 bits per heavy atom. The number of nitrogens with one attached hydrogen (secondary N) is 3. The first-order valence-corrected chi connectivity index (χ1v) is 10.6. The van der Waals surface area contributed by atoms with E-state index in [-0.39, 0.29) is 17.9 Å². The summed E-state index contributed by atoms with van der Waals surface area (Å²) in [5, 5.41) is 10.8. The van der Waals surface area contributed by atoms with Gasteiger partial charge in [0, 0.05) is 11.4 Å². The van der Waals surface area contributed by atoms with Gasteiger partial charge in [0.2, 0.25) is 11.9 Å². The molecule has 1 aliphatic rings. The van der Waals surface area contributed by atoms with Crippen molar-refractivity contribution in [3.8, 4) is 0 Å². The number of carbonyl (C=O) groups is 1. The van der Waals surface area contributed by atoms with Crippen molar-refractivity contribution in [1.82, 2.24) is 20.6 Å². The number of amides is 1. The van der Waals surface area contributed by atoms with E-state index in [9.17, 15) is 4.79 Å². The molecule has 3 atom stereocenters. The number of aryl methyl sites for hydroxylation is 3. The lowest BCUT2D eigenvalue weighted by atomic mass is 9.89. The molecule has 3 N–H and O–H groups in total. The third-order valence-electron chi connectivity index (χ3n) is 5.99. The van der Waals surface area contributed by atoms with Crippen molar-refractivity contribution in [2.75, 3.05) is 5.32 Å². The maximum Gasteiger partial charge on any atom is 0.227 e. The van der Waals surface area contributed by atoms with Crippen molar-refractivity contribution < 1.29 is 4.79 Å². The number of benzene rings is 2. The van der Waals surface area contributed by atoms with E-state index in [4.69, 9.17) is 0 Å². The summed E-state index contributed by atoms with van der Waals surface area (Å²) in [4.78, 5) is 22.1. The molecule has 0 radical (unpaired) electrons. The first-order valence-electron chi connectivity index (χ1n) is 10.6. The van der Waals surface area contributed by atoms with Crippen LogP contribution in [0.25, 0.3) is 10.9 Å². The molecule has 30 heavy (non-hydrogen) atoms. The van der Waals surface area contributed by atoms with Gasteiger partial charge >= 0.3 is 0 Å². The molecule has 2 heterocycles. The van der Waals surface area contributed by atoms with Gasteiger partial charge in [-0.1, -0.05) is 37.3 Å². The van der Waals surface area contributed by atoms with Crippen LogP contribution in [0.5, 0.6) is 0 Å². The fraction of sp³-hybridized carbons (Fsp3) is 0.375. The Morgan fingerprint density at radius 1 is 1.10 bits per heavy atom. The summed E-state index contributed by atoms with van der Waals surface area (Å²) in [6.45, 7) is 8.26. The number of carbonyl (C=O) groups excluding carboxylic acids is 1. The second kappa shape index (κ2) is 8.40. The molecule has 0 bridgehead atoms. The van der Waals surface area contributed by atoms with Crippen molar-refractivity contribution in [3.63, 3.8) is 0 Å². The van der Waals surface area contributed by atoms with E-state index in [1.54, 1.807) is 0 Å². The Bertz CT molecular complexity index is 1080. The molecule has 1 aliphatic heterocycles. The number of nitrogens with zero attached hydrogens (tertiary/aromatic N) is 2.